The predicted octanol–water partition coefficient (Wildman–Crippen LogP) is 3.45. The molecule has 0 spiro atoms. The summed E-state index contributed by atoms with van der Waals surface area (Å²) in [5.74, 6) is 6.84. The summed E-state index contributed by atoms with van der Waals surface area (Å²) in [7, 11) is -3.42. The molecule has 3 atom stereocenters. The minimum atomic E-state index is -3.42. The summed E-state index contributed by atoms with van der Waals surface area (Å²) in [6, 6.07) is 17.7. The number of sulfonamides is 1. The minimum Gasteiger partial charge on any atom is -0.395 e. The summed E-state index contributed by atoms with van der Waals surface area (Å²) in [6.45, 7) is 6.14. The smallest absolute Gasteiger partial charge is 0.218 e. The van der Waals surface area contributed by atoms with Crippen LogP contribution in [0.15, 0.2) is 54.6 Å². The lowest BCUT2D eigenvalue weighted by atomic mass is 9.74. The van der Waals surface area contributed by atoms with Gasteiger partial charge in [0.05, 0.1) is 12.4 Å². The average Bonchev–Trinajstić information content (AvgIpc) is 2.77. The van der Waals surface area contributed by atoms with E-state index in [0.29, 0.717) is 19.0 Å². The summed E-state index contributed by atoms with van der Waals surface area (Å²) in [6.07, 6.45) is 1.77. The first kappa shape index (κ1) is 24.0. The van der Waals surface area contributed by atoms with Crippen LogP contribution in [0.3, 0.4) is 0 Å². The predicted molar refractivity (Wildman–Crippen MR) is 132 cm³/mol. The van der Waals surface area contributed by atoms with Gasteiger partial charge in [-0.3, -0.25) is 4.90 Å². The van der Waals surface area contributed by atoms with Gasteiger partial charge >= 0.3 is 0 Å². The van der Waals surface area contributed by atoms with E-state index in [1.165, 1.54) is 0 Å². The van der Waals surface area contributed by atoms with Crippen molar-refractivity contribution in [3.63, 3.8) is 0 Å². The maximum atomic E-state index is 13.3. The Morgan fingerprint density at radius 2 is 1.73 bits per heavy atom. The van der Waals surface area contributed by atoms with Crippen molar-refractivity contribution in [2.75, 3.05) is 26.2 Å². The first-order valence-corrected chi connectivity index (χ1v) is 13.5. The molecule has 1 N–H and O–H groups in total. The van der Waals surface area contributed by atoms with Crippen LogP contribution in [-0.4, -0.2) is 61.1 Å². The molecule has 2 saturated heterocycles. The van der Waals surface area contributed by atoms with Gasteiger partial charge in [0.1, 0.15) is 0 Å². The van der Waals surface area contributed by atoms with Crippen molar-refractivity contribution in [2.24, 2.45) is 5.92 Å². The zero-order valence-electron chi connectivity index (χ0n) is 19.5. The van der Waals surface area contributed by atoms with E-state index in [9.17, 15) is 13.5 Å². The first-order chi connectivity index (χ1) is 15.9. The third-order valence-corrected chi connectivity index (χ3v) is 8.54. The number of benzene rings is 2. The lowest BCUT2D eigenvalue weighted by Gasteiger charge is -2.57. The van der Waals surface area contributed by atoms with Crippen molar-refractivity contribution in [2.45, 2.75) is 50.4 Å². The number of aliphatic hydroxyl groups excluding tert-OH is 1. The summed E-state index contributed by atoms with van der Waals surface area (Å²) >= 11 is 0. The lowest BCUT2D eigenvalue weighted by Crippen LogP contribution is -2.67. The molecule has 6 heteroatoms. The van der Waals surface area contributed by atoms with Crippen LogP contribution in [0.5, 0.6) is 0 Å². The van der Waals surface area contributed by atoms with Crippen LogP contribution in [0.4, 0.5) is 0 Å². The highest BCUT2D eigenvalue weighted by molar-refractivity contribution is 7.88. The molecule has 2 aromatic rings. The molecule has 5 nitrogen and oxygen atoms in total. The standard InChI is InChI=1S/C27H34N2O3S/c1-21(2)10-11-22-12-14-24(15-13-22)27-25-18-28(16-6-7-17-29(25)26(27)19-30)33(31,32)20-23-8-4-3-5-9-23/h3-5,8-9,12-15,21,25-27,30H,6-7,16-20H2,1-2H3/t25-,26-,27-/m0/s1. The maximum absolute atomic E-state index is 13.3. The van der Waals surface area contributed by atoms with Crippen LogP contribution in [0.1, 0.15) is 49.3 Å². The second-order valence-electron chi connectivity index (χ2n) is 9.43. The van der Waals surface area contributed by atoms with Crippen molar-refractivity contribution in [1.82, 2.24) is 9.21 Å². The molecule has 2 fully saturated rings. The van der Waals surface area contributed by atoms with E-state index in [0.717, 1.165) is 36.1 Å². The molecule has 176 valence electrons. The van der Waals surface area contributed by atoms with Gasteiger partial charge in [-0.15, -0.1) is 0 Å². The SMILES string of the molecule is CC(C)C#Cc1ccc([C@@H]2[C@H](CO)N3CCCCN(S(=O)(=O)Cc4ccccc4)C[C@@H]23)cc1. The Morgan fingerprint density at radius 1 is 1.03 bits per heavy atom. The maximum Gasteiger partial charge on any atom is 0.218 e. The number of nitrogens with zero attached hydrogens (tertiary/aromatic N) is 2. The van der Waals surface area contributed by atoms with Gasteiger partial charge in [0.25, 0.3) is 0 Å². The summed E-state index contributed by atoms with van der Waals surface area (Å²) < 4.78 is 28.3. The van der Waals surface area contributed by atoms with Gasteiger partial charge < -0.3 is 5.11 Å². The van der Waals surface area contributed by atoms with E-state index < -0.39 is 10.0 Å². The molecule has 0 aromatic heterocycles. The fourth-order valence-corrected chi connectivity index (χ4v) is 6.64. The minimum absolute atomic E-state index is 0.0257. The third kappa shape index (κ3) is 5.50. The van der Waals surface area contributed by atoms with E-state index in [-0.39, 0.29) is 30.4 Å². The van der Waals surface area contributed by atoms with E-state index in [2.05, 4.69) is 42.7 Å². The van der Waals surface area contributed by atoms with Gasteiger partial charge in [-0.25, -0.2) is 12.7 Å². The van der Waals surface area contributed by atoms with E-state index in [1.807, 2.05) is 42.5 Å². The van der Waals surface area contributed by atoms with E-state index >= 15 is 0 Å². The molecule has 33 heavy (non-hydrogen) atoms. The number of aliphatic hydroxyl groups is 1. The first-order valence-electron chi connectivity index (χ1n) is 11.9. The van der Waals surface area contributed by atoms with Crippen LogP contribution in [0, 0.1) is 17.8 Å². The second kappa shape index (κ2) is 10.4. The normalized spacial score (nSPS) is 24.2. The van der Waals surface area contributed by atoms with Gasteiger partial charge in [-0.2, -0.15) is 0 Å². The highest BCUT2D eigenvalue weighted by Gasteiger charge is 2.50. The highest BCUT2D eigenvalue weighted by Crippen LogP contribution is 2.42. The quantitative estimate of drug-likeness (QED) is 0.686. The van der Waals surface area contributed by atoms with Crippen molar-refractivity contribution >= 4 is 10.0 Å². The van der Waals surface area contributed by atoms with Crippen LogP contribution < -0.4 is 0 Å². The molecule has 2 aliphatic heterocycles. The number of fused-ring (bicyclic) bond motifs is 1. The van der Waals surface area contributed by atoms with Gasteiger partial charge in [0.2, 0.25) is 10.0 Å². The molecule has 2 heterocycles. The number of hydrogen-bond acceptors (Lipinski definition) is 4. The van der Waals surface area contributed by atoms with Crippen LogP contribution in [-0.2, 0) is 15.8 Å². The lowest BCUT2D eigenvalue weighted by molar-refractivity contribution is -0.0554. The molecular formula is C27H34N2O3S. The average molecular weight is 467 g/mol. The summed E-state index contributed by atoms with van der Waals surface area (Å²) in [5.41, 5.74) is 2.94. The molecule has 0 bridgehead atoms. The Hall–Kier alpha value is -2.17. The largest absolute Gasteiger partial charge is 0.395 e. The molecule has 4 rings (SSSR count). The monoisotopic (exact) mass is 466 g/mol. The fourth-order valence-electron chi connectivity index (χ4n) is 5.05. The molecule has 2 aliphatic rings. The Labute approximate surface area is 198 Å². The third-order valence-electron chi connectivity index (χ3n) is 6.72. The summed E-state index contributed by atoms with van der Waals surface area (Å²) in [5, 5.41) is 10.1. The second-order valence-corrected chi connectivity index (χ2v) is 11.4. The zero-order chi connectivity index (χ0) is 23.4. The van der Waals surface area contributed by atoms with E-state index in [1.54, 1.807) is 4.31 Å². The fraction of sp³-hybridized carbons (Fsp3) is 0.481. The topological polar surface area (TPSA) is 60.9 Å². The molecular weight excluding hydrogens is 432 g/mol. The molecule has 0 unspecified atom stereocenters. The molecule has 0 radical (unpaired) electrons. The molecule has 0 saturated carbocycles. The molecule has 2 aromatic carbocycles. The van der Waals surface area contributed by atoms with Crippen LogP contribution in [0.2, 0.25) is 0 Å². The summed E-state index contributed by atoms with van der Waals surface area (Å²) in [4.78, 5) is 2.31. The van der Waals surface area contributed by atoms with Crippen molar-refractivity contribution in [3.05, 3.63) is 71.3 Å². The van der Waals surface area contributed by atoms with E-state index in [4.69, 9.17) is 0 Å². The number of hydrogen-bond donors (Lipinski definition) is 1. The zero-order valence-corrected chi connectivity index (χ0v) is 20.3. The molecule has 0 aliphatic carbocycles. The Kier molecular flexibility index (Phi) is 7.55. The van der Waals surface area contributed by atoms with Crippen molar-refractivity contribution in [1.29, 1.82) is 0 Å². The highest BCUT2D eigenvalue weighted by atomic mass is 32.2. The van der Waals surface area contributed by atoms with Gasteiger partial charge in [0.15, 0.2) is 0 Å². The van der Waals surface area contributed by atoms with Crippen molar-refractivity contribution < 1.29 is 13.5 Å². The van der Waals surface area contributed by atoms with Crippen LogP contribution in [0.25, 0.3) is 0 Å². The molecule has 0 amide bonds. The number of rotatable bonds is 5. The van der Waals surface area contributed by atoms with Crippen molar-refractivity contribution in [3.8, 4) is 11.8 Å². The Morgan fingerprint density at radius 3 is 2.39 bits per heavy atom. The van der Waals surface area contributed by atoms with Crippen LogP contribution >= 0.6 is 0 Å². The Balaban J connectivity index is 1.55. The van der Waals surface area contributed by atoms with Gasteiger partial charge in [-0.05, 0) is 42.6 Å². The Bertz CT molecular complexity index is 1090. The van der Waals surface area contributed by atoms with Gasteiger partial charge in [-0.1, -0.05) is 68.2 Å². The van der Waals surface area contributed by atoms with Gasteiger partial charge in [0, 0.05) is 42.6 Å².